The summed E-state index contributed by atoms with van der Waals surface area (Å²) in [5.74, 6) is 2.05. The molecule has 3 heterocycles. The molecule has 1 aliphatic rings. The van der Waals surface area contributed by atoms with Crippen LogP contribution >= 0.6 is 11.3 Å². The molecule has 0 saturated carbocycles. The van der Waals surface area contributed by atoms with Gasteiger partial charge >= 0.3 is 0 Å². The van der Waals surface area contributed by atoms with Crippen LogP contribution in [0.5, 0.6) is 11.5 Å². The van der Waals surface area contributed by atoms with E-state index in [1.165, 1.54) is 0 Å². The van der Waals surface area contributed by atoms with Crippen LogP contribution in [0.2, 0.25) is 0 Å². The molecule has 25 heavy (non-hydrogen) atoms. The van der Waals surface area contributed by atoms with Crippen molar-refractivity contribution in [2.75, 3.05) is 18.5 Å². The first-order chi connectivity index (χ1) is 12.3. The molecule has 0 saturated heterocycles. The number of aromatic nitrogens is 3. The van der Waals surface area contributed by atoms with Crippen molar-refractivity contribution < 1.29 is 9.47 Å². The van der Waals surface area contributed by atoms with Gasteiger partial charge in [0.15, 0.2) is 11.5 Å². The predicted molar refractivity (Wildman–Crippen MR) is 97.8 cm³/mol. The van der Waals surface area contributed by atoms with Crippen LogP contribution in [-0.4, -0.2) is 28.2 Å². The average molecular weight is 354 g/mol. The van der Waals surface area contributed by atoms with E-state index in [9.17, 15) is 0 Å². The molecule has 0 radical (unpaired) electrons. The highest BCUT2D eigenvalue weighted by Gasteiger charge is 2.11. The number of fused-ring (bicyclic) bond motifs is 1. The van der Waals surface area contributed by atoms with Crippen molar-refractivity contribution in [3.8, 4) is 22.2 Å². The van der Waals surface area contributed by atoms with E-state index in [0.717, 1.165) is 52.2 Å². The second kappa shape index (κ2) is 7.06. The minimum Gasteiger partial charge on any atom is -0.490 e. The van der Waals surface area contributed by atoms with Crippen LogP contribution in [-0.2, 0) is 0 Å². The summed E-state index contributed by atoms with van der Waals surface area (Å²) in [5.41, 5.74) is 1.66. The molecular weight excluding hydrogens is 336 g/mol. The third kappa shape index (κ3) is 3.71. The maximum atomic E-state index is 5.79. The van der Waals surface area contributed by atoms with Crippen LogP contribution in [0.25, 0.3) is 10.7 Å². The molecule has 2 aromatic heterocycles. The highest BCUT2D eigenvalue weighted by Crippen LogP contribution is 2.33. The van der Waals surface area contributed by atoms with Crippen LogP contribution < -0.4 is 14.8 Å². The Balaban J connectivity index is 1.57. The van der Waals surface area contributed by atoms with Crippen LogP contribution in [0.3, 0.4) is 0 Å². The normalized spacial score (nSPS) is 13.8. The van der Waals surface area contributed by atoms with Crippen molar-refractivity contribution in [2.45, 2.75) is 19.8 Å². The largest absolute Gasteiger partial charge is 0.490 e. The molecule has 0 fully saturated rings. The van der Waals surface area contributed by atoms with Gasteiger partial charge in [0.05, 0.1) is 13.2 Å². The van der Waals surface area contributed by atoms with Gasteiger partial charge in [-0.1, -0.05) is 0 Å². The van der Waals surface area contributed by atoms with E-state index in [0.29, 0.717) is 12.6 Å². The summed E-state index contributed by atoms with van der Waals surface area (Å²) in [6.07, 6.45) is 5.59. The first-order valence-corrected chi connectivity index (χ1v) is 9.02. The van der Waals surface area contributed by atoms with Gasteiger partial charge in [0.1, 0.15) is 10.7 Å². The Morgan fingerprint density at radius 1 is 1.04 bits per heavy atom. The van der Waals surface area contributed by atoms with Gasteiger partial charge in [-0.15, -0.1) is 11.3 Å². The number of rotatable bonds is 3. The van der Waals surface area contributed by atoms with Crippen LogP contribution in [0.15, 0.2) is 36.7 Å². The Morgan fingerprint density at radius 2 is 1.88 bits per heavy atom. The Labute approximate surface area is 149 Å². The van der Waals surface area contributed by atoms with E-state index >= 15 is 0 Å². The van der Waals surface area contributed by atoms with E-state index in [-0.39, 0.29) is 0 Å². The second-order valence-electron chi connectivity index (χ2n) is 5.73. The van der Waals surface area contributed by atoms with Crippen LogP contribution in [0.4, 0.5) is 11.6 Å². The van der Waals surface area contributed by atoms with E-state index in [4.69, 9.17) is 9.47 Å². The van der Waals surface area contributed by atoms with Gasteiger partial charge in [-0.3, -0.25) is 0 Å². The summed E-state index contributed by atoms with van der Waals surface area (Å²) in [4.78, 5) is 14.4. The van der Waals surface area contributed by atoms with Crippen molar-refractivity contribution >= 4 is 23.0 Å². The molecule has 0 spiro atoms. The molecular formula is C18H18N4O2S. The van der Waals surface area contributed by atoms with E-state index in [1.54, 1.807) is 17.5 Å². The molecule has 128 valence electrons. The Kier molecular flexibility index (Phi) is 4.47. The zero-order valence-electron chi connectivity index (χ0n) is 13.9. The zero-order chi connectivity index (χ0) is 17.1. The van der Waals surface area contributed by atoms with E-state index in [2.05, 4.69) is 20.3 Å². The SMILES string of the molecule is Cc1cnc(-c2ccnc(Nc3ccc4c(c3)OCCCCO4)n2)s1. The first-order valence-electron chi connectivity index (χ1n) is 8.20. The first kappa shape index (κ1) is 15.8. The molecule has 0 bridgehead atoms. The topological polar surface area (TPSA) is 69.2 Å². The highest BCUT2D eigenvalue weighted by molar-refractivity contribution is 7.14. The van der Waals surface area contributed by atoms with Crippen molar-refractivity contribution in [1.29, 1.82) is 0 Å². The monoisotopic (exact) mass is 354 g/mol. The molecule has 0 amide bonds. The van der Waals surface area contributed by atoms with Gasteiger partial charge in [-0.25, -0.2) is 15.0 Å². The number of hydrogen-bond donors (Lipinski definition) is 1. The van der Waals surface area contributed by atoms with E-state index in [1.807, 2.05) is 37.4 Å². The minimum atomic E-state index is 0.525. The predicted octanol–water partition coefficient (Wildman–Crippen LogP) is 4.20. The zero-order valence-corrected chi connectivity index (χ0v) is 14.7. The quantitative estimate of drug-likeness (QED) is 0.760. The number of hydrogen-bond acceptors (Lipinski definition) is 7. The highest BCUT2D eigenvalue weighted by atomic mass is 32.1. The summed E-state index contributed by atoms with van der Waals surface area (Å²) in [5, 5.41) is 4.11. The van der Waals surface area contributed by atoms with Crippen LogP contribution in [0, 0.1) is 6.92 Å². The third-order valence-electron chi connectivity index (χ3n) is 3.75. The fourth-order valence-corrected chi connectivity index (χ4v) is 3.26. The summed E-state index contributed by atoms with van der Waals surface area (Å²) in [6.45, 7) is 3.46. The molecule has 4 rings (SSSR count). The lowest BCUT2D eigenvalue weighted by molar-refractivity contribution is 0.223. The third-order valence-corrected chi connectivity index (χ3v) is 4.68. The van der Waals surface area contributed by atoms with Crippen molar-refractivity contribution in [2.24, 2.45) is 0 Å². The van der Waals surface area contributed by atoms with Gasteiger partial charge in [0.25, 0.3) is 0 Å². The van der Waals surface area contributed by atoms with Crippen LogP contribution in [0.1, 0.15) is 17.7 Å². The Bertz CT molecular complexity index is 881. The second-order valence-corrected chi connectivity index (χ2v) is 6.97. The lowest BCUT2D eigenvalue weighted by Gasteiger charge is -2.17. The fraction of sp³-hybridized carbons (Fsp3) is 0.278. The molecule has 1 aliphatic heterocycles. The summed E-state index contributed by atoms with van der Waals surface area (Å²) in [6, 6.07) is 7.63. The summed E-state index contributed by atoms with van der Waals surface area (Å²) in [7, 11) is 0. The molecule has 3 aromatic rings. The van der Waals surface area contributed by atoms with E-state index < -0.39 is 0 Å². The number of benzene rings is 1. The Morgan fingerprint density at radius 3 is 2.68 bits per heavy atom. The number of nitrogens with one attached hydrogen (secondary N) is 1. The number of nitrogens with zero attached hydrogens (tertiary/aromatic N) is 3. The smallest absolute Gasteiger partial charge is 0.227 e. The number of anilines is 2. The van der Waals surface area contributed by atoms with Crippen molar-refractivity contribution in [3.05, 3.63) is 41.5 Å². The summed E-state index contributed by atoms with van der Waals surface area (Å²) >= 11 is 1.61. The van der Waals surface area contributed by atoms with Gasteiger partial charge in [-0.2, -0.15) is 0 Å². The van der Waals surface area contributed by atoms with Gasteiger partial charge in [-0.05, 0) is 38.0 Å². The number of thiazole rings is 1. The molecule has 1 aromatic carbocycles. The molecule has 0 unspecified atom stereocenters. The Hall–Kier alpha value is -2.67. The van der Waals surface area contributed by atoms with Crippen molar-refractivity contribution in [3.63, 3.8) is 0 Å². The lowest BCUT2D eigenvalue weighted by Crippen LogP contribution is -2.08. The molecule has 1 N–H and O–H groups in total. The van der Waals surface area contributed by atoms with Gasteiger partial charge in [0.2, 0.25) is 5.95 Å². The lowest BCUT2D eigenvalue weighted by atomic mass is 10.2. The average Bonchev–Trinajstić information content (AvgIpc) is 3.03. The minimum absolute atomic E-state index is 0.525. The van der Waals surface area contributed by atoms with Gasteiger partial charge in [0, 0.05) is 29.0 Å². The fourth-order valence-electron chi connectivity index (χ4n) is 2.53. The molecule has 0 aliphatic carbocycles. The molecule has 0 atom stereocenters. The molecule has 7 heteroatoms. The summed E-state index contributed by atoms with van der Waals surface area (Å²) < 4.78 is 11.5. The number of ether oxygens (including phenoxy) is 2. The standard InChI is InChI=1S/C18H18N4O2S/c1-12-11-20-17(25-12)14-6-7-19-18(22-14)21-13-4-5-15-16(10-13)24-9-3-2-8-23-15/h4-7,10-11H,2-3,8-9H2,1H3,(H,19,21,22). The molecule has 6 nitrogen and oxygen atoms in total. The maximum absolute atomic E-state index is 5.79. The number of aryl methyl sites for hydroxylation is 1. The van der Waals surface area contributed by atoms with Crippen molar-refractivity contribution in [1.82, 2.24) is 15.0 Å². The maximum Gasteiger partial charge on any atom is 0.227 e. The van der Waals surface area contributed by atoms with Gasteiger partial charge < -0.3 is 14.8 Å².